The van der Waals surface area contributed by atoms with Gasteiger partial charge in [0.1, 0.15) is 0 Å². The Morgan fingerprint density at radius 2 is 2.29 bits per heavy atom. The molecule has 1 atom stereocenters. The lowest BCUT2D eigenvalue weighted by Crippen LogP contribution is -2.38. The lowest BCUT2D eigenvalue weighted by molar-refractivity contribution is -0.154. The Balaban J connectivity index is 1.96. The van der Waals surface area contributed by atoms with E-state index in [1.54, 1.807) is 11.9 Å². The van der Waals surface area contributed by atoms with Gasteiger partial charge in [0.25, 0.3) is 5.91 Å². The van der Waals surface area contributed by atoms with Crippen LogP contribution < -0.4 is 10.1 Å². The molecule has 5 nitrogen and oxygen atoms in total. The number of nitrogens with one attached hydrogen (secondary N) is 1. The lowest BCUT2D eigenvalue weighted by Gasteiger charge is -2.23. The highest BCUT2D eigenvalue weighted by atomic mass is 19.4. The van der Waals surface area contributed by atoms with Crippen molar-refractivity contribution in [3.05, 3.63) is 23.9 Å². The molecule has 0 radical (unpaired) electrons. The summed E-state index contributed by atoms with van der Waals surface area (Å²) in [6, 6.07) is 2.80. The third-order valence-corrected chi connectivity index (χ3v) is 3.27. The average molecular weight is 303 g/mol. The van der Waals surface area contributed by atoms with E-state index in [2.05, 4.69) is 15.0 Å². The largest absolute Gasteiger partial charge is 0.468 e. The number of carbonyl (C=O) groups is 1. The van der Waals surface area contributed by atoms with E-state index in [0.717, 1.165) is 19.5 Å². The third-order valence-electron chi connectivity index (χ3n) is 3.27. The maximum absolute atomic E-state index is 12.2. The molecule has 1 aliphatic rings. The molecule has 1 aromatic heterocycles. The first-order chi connectivity index (χ1) is 9.87. The molecular formula is C13H16F3N3O2. The minimum Gasteiger partial charge on any atom is -0.468 e. The van der Waals surface area contributed by atoms with Crippen molar-refractivity contribution in [3.63, 3.8) is 0 Å². The maximum Gasteiger partial charge on any atom is 0.422 e. The Kier molecular flexibility index (Phi) is 4.66. The van der Waals surface area contributed by atoms with Crippen molar-refractivity contribution in [1.82, 2.24) is 15.2 Å². The van der Waals surface area contributed by atoms with Crippen molar-refractivity contribution < 1.29 is 22.7 Å². The second-order valence-corrected chi connectivity index (χ2v) is 4.85. The molecule has 0 aromatic carbocycles. The summed E-state index contributed by atoms with van der Waals surface area (Å²) in [5.74, 6) is -0.368. The molecule has 1 amide bonds. The van der Waals surface area contributed by atoms with Crippen LogP contribution in [0.1, 0.15) is 16.8 Å². The fourth-order valence-electron chi connectivity index (χ4n) is 2.09. The van der Waals surface area contributed by atoms with Crippen molar-refractivity contribution >= 4 is 5.91 Å². The second kappa shape index (κ2) is 6.30. The van der Waals surface area contributed by atoms with Crippen LogP contribution in [0.15, 0.2) is 18.3 Å². The lowest BCUT2D eigenvalue weighted by atomic mass is 10.2. The van der Waals surface area contributed by atoms with Gasteiger partial charge in [-0.15, -0.1) is 0 Å². The zero-order chi connectivity index (χ0) is 15.5. The molecule has 1 unspecified atom stereocenters. The molecule has 1 aromatic rings. The van der Waals surface area contributed by atoms with Crippen molar-refractivity contribution in [3.8, 4) is 5.88 Å². The van der Waals surface area contributed by atoms with Crippen LogP contribution in [0.25, 0.3) is 0 Å². The molecule has 0 bridgehead atoms. The van der Waals surface area contributed by atoms with E-state index in [1.807, 2.05) is 0 Å². The molecule has 1 N–H and O–H groups in total. The number of hydrogen-bond donors (Lipinski definition) is 1. The minimum atomic E-state index is -4.41. The van der Waals surface area contributed by atoms with Crippen LogP contribution in [-0.4, -0.2) is 54.8 Å². The van der Waals surface area contributed by atoms with Gasteiger partial charge >= 0.3 is 6.18 Å². The molecule has 1 aliphatic heterocycles. The fourth-order valence-corrected chi connectivity index (χ4v) is 2.09. The second-order valence-electron chi connectivity index (χ2n) is 4.85. The molecule has 1 saturated heterocycles. The zero-order valence-corrected chi connectivity index (χ0v) is 11.5. The number of ether oxygens (including phenoxy) is 1. The van der Waals surface area contributed by atoms with Crippen LogP contribution in [0, 0.1) is 0 Å². The van der Waals surface area contributed by atoms with E-state index in [4.69, 9.17) is 0 Å². The molecule has 116 valence electrons. The van der Waals surface area contributed by atoms with Gasteiger partial charge in [0.2, 0.25) is 5.88 Å². The van der Waals surface area contributed by atoms with Crippen LogP contribution in [0.4, 0.5) is 13.2 Å². The molecule has 0 aliphatic carbocycles. The number of aromatic nitrogens is 1. The van der Waals surface area contributed by atoms with Gasteiger partial charge in [0, 0.05) is 31.9 Å². The first-order valence-corrected chi connectivity index (χ1v) is 6.50. The van der Waals surface area contributed by atoms with Crippen molar-refractivity contribution in [2.75, 3.05) is 26.7 Å². The summed E-state index contributed by atoms with van der Waals surface area (Å²) in [5.41, 5.74) is 0.323. The zero-order valence-electron chi connectivity index (χ0n) is 11.5. The molecule has 2 heterocycles. The summed E-state index contributed by atoms with van der Waals surface area (Å²) < 4.78 is 40.5. The fraction of sp³-hybridized carbons (Fsp3) is 0.538. The molecule has 2 rings (SSSR count). The number of halogens is 3. The monoisotopic (exact) mass is 303 g/mol. The van der Waals surface area contributed by atoms with Gasteiger partial charge in [-0.25, -0.2) is 4.98 Å². The summed E-state index contributed by atoms with van der Waals surface area (Å²) in [4.78, 5) is 17.5. The summed E-state index contributed by atoms with van der Waals surface area (Å²) in [7, 11) is 1.70. The van der Waals surface area contributed by atoms with Crippen molar-refractivity contribution in [2.45, 2.75) is 18.6 Å². The number of rotatable bonds is 4. The van der Waals surface area contributed by atoms with E-state index in [0.29, 0.717) is 5.56 Å². The quantitative estimate of drug-likeness (QED) is 0.915. The Hall–Kier alpha value is -1.83. The molecule has 0 saturated carbocycles. The topological polar surface area (TPSA) is 54.5 Å². The van der Waals surface area contributed by atoms with Crippen LogP contribution in [0.3, 0.4) is 0 Å². The Labute approximate surface area is 120 Å². The van der Waals surface area contributed by atoms with Crippen LogP contribution in [0.2, 0.25) is 0 Å². The Morgan fingerprint density at radius 3 is 2.81 bits per heavy atom. The number of carbonyl (C=O) groups excluding carboxylic acids is 1. The normalized spacial score (nSPS) is 18.6. The summed E-state index contributed by atoms with van der Waals surface area (Å²) >= 11 is 0. The van der Waals surface area contributed by atoms with E-state index in [9.17, 15) is 18.0 Å². The minimum absolute atomic E-state index is 0.124. The van der Waals surface area contributed by atoms with E-state index >= 15 is 0 Å². The van der Waals surface area contributed by atoms with Crippen molar-refractivity contribution in [2.24, 2.45) is 0 Å². The predicted octanol–water partition coefficient (Wildman–Crippen LogP) is 1.46. The Bertz CT molecular complexity index is 484. The molecule has 21 heavy (non-hydrogen) atoms. The number of hydrogen-bond acceptors (Lipinski definition) is 4. The van der Waals surface area contributed by atoms with Gasteiger partial charge in [-0.2, -0.15) is 13.2 Å². The number of pyridine rings is 1. The average Bonchev–Trinajstić information content (AvgIpc) is 2.97. The summed E-state index contributed by atoms with van der Waals surface area (Å²) in [6.45, 7) is 0.203. The number of nitrogens with zero attached hydrogens (tertiary/aromatic N) is 2. The van der Waals surface area contributed by atoms with Gasteiger partial charge in [0.05, 0.1) is 5.56 Å². The smallest absolute Gasteiger partial charge is 0.422 e. The highest BCUT2D eigenvalue weighted by Gasteiger charge is 2.29. The highest BCUT2D eigenvalue weighted by molar-refractivity contribution is 5.94. The summed E-state index contributed by atoms with van der Waals surface area (Å²) in [6.07, 6.45) is -2.30. The highest BCUT2D eigenvalue weighted by Crippen LogP contribution is 2.18. The third kappa shape index (κ3) is 4.32. The molecule has 1 fully saturated rings. The van der Waals surface area contributed by atoms with Gasteiger partial charge < -0.3 is 15.0 Å². The number of likely N-dealkylation sites (N-methyl/N-ethyl adjacent to an activating group) is 1. The molecule has 0 spiro atoms. The van der Waals surface area contributed by atoms with E-state index < -0.39 is 12.8 Å². The standard InChI is InChI=1S/C13H16F3N3O2/c1-19(10-4-5-17-7-10)12(20)9-2-3-11(18-6-9)21-8-13(14,15)16/h2-3,6,10,17H,4-5,7-8H2,1H3. The van der Waals surface area contributed by atoms with E-state index in [-0.39, 0.29) is 17.8 Å². The van der Waals surface area contributed by atoms with Gasteiger partial charge in [-0.3, -0.25) is 4.79 Å². The molecule has 8 heteroatoms. The van der Waals surface area contributed by atoms with Crippen LogP contribution in [-0.2, 0) is 0 Å². The van der Waals surface area contributed by atoms with E-state index in [1.165, 1.54) is 18.3 Å². The van der Waals surface area contributed by atoms with Gasteiger partial charge in [0.15, 0.2) is 6.61 Å². The molecular weight excluding hydrogens is 287 g/mol. The Morgan fingerprint density at radius 1 is 1.52 bits per heavy atom. The predicted molar refractivity (Wildman–Crippen MR) is 69.2 cm³/mol. The van der Waals surface area contributed by atoms with Crippen LogP contribution >= 0.6 is 0 Å². The van der Waals surface area contributed by atoms with Gasteiger partial charge in [-0.05, 0) is 19.0 Å². The number of alkyl halides is 3. The first-order valence-electron chi connectivity index (χ1n) is 6.50. The van der Waals surface area contributed by atoms with Crippen molar-refractivity contribution in [1.29, 1.82) is 0 Å². The van der Waals surface area contributed by atoms with Crippen LogP contribution in [0.5, 0.6) is 5.88 Å². The van der Waals surface area contributed by atoms with Gasteiger partial charge in [-0.1, -0.05) is 0 Å². The summed E-state index contributed by atoms with van der Waals surface area (Å²) in [5, 5.41) is 3.16. The first kappa shape index (κ1) is 15.6. The number of amides is 1. The maximum atomic E-state index is 12.2. The SMILES string of the molecule is CN(C(=O)c1ccc(OCC(F)(F)F)nc1)C1CCNC1.